The van der Waals surface area contributed by atoms with Gasteiger partial charge in [0, 0.05) is 12.6 Å². The number of benzene rings is 2. The third-order valence-corrected chi connectivity index (χ3v) is 4.31. The minimum Gasteiger partial charge on any atom is -0.313 e. The maximum absolute atomic E-state index is 13.4. The lowest BCUT2D eigenvalue weighted by Crippen LogP contribution is -2.23. The minimum absolute atomic E-state index is 0. The van der Waals surface area contributed by atoms with Gasteiger partial charge in [-0.1, -0.05) is 36.4 Å². The second kappa shape index (κ2) is 7.53. The molecule has 3 rings (SSSR count). The van der Waals surface area contributed by atoms with E-state index in [0.717, 1.165) is 25.0 Å². The molecule has 0 amide bonds. The van der Waals surface area contributed by atoms with Gasteiger partial charge >= 0.3 is 6.18 Å². The maximum atomic E-state index is 13.4. The molecule has 6 heteroatoms. The van der Waals surface area contributed by atoms with Gasteiger partial charge in [-0.05, 0) is 42.0 Å². The Kier molecular flexibility index (Phi) is 5.88. The first-order chi connectivity index (χ1) is 10.9. The van der Waals surface area contributed by atoms with Crippen molar-refractivity contribution in [2.45, 2.75) is 31.0 Å². The molecule has 130 valence electrons. The molecule has 0 spiro atoms. The zero-order chi connectivity index (χ0) is 16.4. The van der Waals surface area contributed by atoms with E-state index in [2.05, 4.69) is 5.32 Å². The van der Waals surface area contributed by atoms with E-state index in [-0.39, 0.29) is 24.4 Å². The normalized spacial score (nSPS) is 20.7. The highest BCUT2D eigenvalue weighted by molar-refractivity contribution is 5.85. The van der Waals surface area contributed by atoms with Gasteiger partial charge in [-0.15, -0.1) is 12.4 Å². The van der Waals surface area contributed by atoms with Crippen molar-refractivity contribution in [3.8, 4) is 0 Å². The predicted molar refractivity (Wildman–Crippen MR) is 87.9 cm³/mol. The van der Waals surface area contributed by atoms with E-state index in [1.54, 1.807) is 0 Å². The average Bonchev–Trinajstić information content (AvgIpc) is 2.96. The maximum Gasteiger partial charge on any atom is 0.419 e. The molecule has 24 heavy (non-hydrogen) atoms. The van der Waals surface area contributed by atoms with Gasteiger partial charge in [-0.25, -0.2) is 4.39 Å². The first kappa shape index (κ1) is 18.7. The topological polar surface area (TPSA) is 12.0 Å². The molecule has 1 fully saturated rings. The summed E-state index contributed by atoms with van der Waals surface area (Å²) in [5.41, 5.74) is 0.559. The van der Waals surface area contributed by atoms with Crippen LogP contribution in [0.1, 0.15) is 29.0 Å². The van der Waals surface area contributed by atoms with Gasteiger partial charge in [0.25, 0.3) is 0 Å². The van der Waals surface area contributed by atoms with Crippen molar-refractivity contribution in [1.82, 2.24) is 5.32 Å². The SMILES string of the molecule is Cl.Fc1ccc(C2CNC(Cc3ccccc3)C2)cc1C(F)(F)F. The second-order valence-electron chi connectivity index (χ2n) is 5.96. The van der Waals surface area contributed by atoms with Crippen LogP contribution in [-0.2, 0) is 12.6 Å². The van der Waals surface area contributed by atoms with Gasteiger partial charge in [0.15, 0.2) is 0 Å². The highest BCUT2D eigenvalue weighted by Gasteiger charge is 2.35. The number of nitrogens with one attached hydrogen (secondary N) is 1. The lowest BCUT2D eigenvalue weighted by Gasteiger charge is -2.14. The lowest BCUT2D eigenvalue weighted by molar-refractivity contribution is -0.140. The van der Waals surface area contributed by atoms with Crippen LogP contribution >= 0.6 is 12.4 Å². The van der Waals surface area contributed by atoms with Crippen molar-refractivity contribution < 1.29 is 17.6 Å². The van der Waals surface area contributed by atoms with Gasteiger partial charge in [-0.3, -0.25) is 0 Å². The summed E-state index contributed by atoms with van der Waals surface area (Å²) in [7, 11) is 0. The van der Waals surface area contributed by atoms with Crippen LogP contribution in [0.15, 0.2) is 48.5 Å². The van der Waals surface area contributed by atoms with E-state index >= 15 is 0 Å². The van der Waals surface area contributed by atoms with Crippen LogP contribution in [0, 0.1) is 5.82 Å². The third kappa shape index (κ3) is 4.28. The van der Waals surface area contributed by atoms with E-state index in [4.69, 9.17) is 0 Å². The van der Waals surface area contributed by atoms with E-state index in [9.17, 15) is 17.6 Å². The molecule has 0 saturated carbocycles. The summed E-state index contributed by atoms with van der Waals surface area (Å²) in [5.74, 6) is -1.24. The first-order valence-electron chi connectivity index (χ1n) is 7.57. The fourth-order valence-electron chi connectivity index (χ4n) is 3.14. The Morgan fingerprint density at radius 3 is 2.42 bits per heavy atom. The Morgan fingerprint density at radius 1 is 1.04 bits per heavy atom. The van der Waals surface area contributed by atoms with Crippen molar-refractivity contribution in [1.29, 1.82) is 0 Å². The fraction of sp³-hybridized carbons (Fsp3) is 0.333. The van der Waals surface area contributed by atoms with Crippen molar-refractivity contribution >= 4 is 12.4 Å². The molecule has 2 atom stereocenters. The number of halogens is 5. The Hall–Kier alpha value is -1.59. The standard InChI is InChI=1S/C18H17F4N.ClH/c19-17-7-6-13(10-16(17)18(20,21)22)14-9-15(23-11-14)8-12-4-2-1-3-5-12;/h1-7,10,14-15,23H,8-9,11H2;1H. The van der Waals surface area contributed by atoms with E-state index in [0.29, 0.717) is 12.1 Å². The molecule has 0 aliphatic carbocycles. The summed E-state index contributed by atoms with van der Waals surface area (Å²) in [4.78, 5) is 0. The van der Waals surface area contributed by atoms with Crippen molar-refractivity contribution in [2.75, 3.05) is 6.54 Å². The van der Waals surface area contributed by atoms with Gasteiger partial charge in [0.1, 0.15) is 5.82 Å². The molecule has 1 aliphatic heterocycles. The molecule has 1 aliphatic rings. The minimum atomic E-state index is -4.66. The van der Waals surface area contributed by atoms with Crippen LogP contribution in [-0.4, -0.2) is 12.6 Å². The summed E-state index contributed by atoms with van der Waals surface area (Å²) in [6, 6.07) is 13.5. The Morgan fingerprint density at radius 2 is 1.75 bits per heavy atom. The molecule has 1 saturated heterocycles. The predicted octanol–water partition coefficient (Wildman–Crippen LogP) is 4.95. The number of rotatable bonds is 3. The van der Waals surface area contributed by atoms with Crippen LogP contribution in [0.3, 0.4) is 0 Å². The van der Waals surface area contributed by atoms with Crippen molar-refractivity contribution in [3.05, 3.63) is 71.0 Å². The highest BCUT2D eigenvalue weighted by atomic mass is 35.5. The van der Waals surface area contributed by atoms with Gasteiger partial charge in [0.2, 0.25) is 0 Å². The molecule has 0 bridgehead atoms. The molecule has 1 nitrogen and oxygen atoms in total. The summed E-state index contributed by atoms with van der Waals surface area (Å²) >= 11 is 0. The summed E-state index contributed by atoms with van der Waals surface area (Å²) in [5, 5.41) is 3.35. The van der Waals surface area contributed by atoms with Gasteiger partial charge in [0.05, 0.1) is 5.56 Å². The molecule has 0 radical (unpaired) electrons. The number of alkyl halides is 3. The van der Waals surface area contributed by atoms with Gasteiger partial charge < -0.3 is 5.32 Å². The lowest BCUT2D eigenvalue weighted by atomic mass is 9.93. The molecule has 2 unspecified atom stereocenters. The molecule has 0 aromatic heterocycles. The fourth-order valence-corrected chi connectivity index (χ4v) is 3.14. The van der Waals surface area contributed by atoms with E-state index in [1.165, 1.54) is 11.6 Å². The molecule has 2 aromatic rings. The molecule has 2 aromatic carbocycles. The van der Waals surface area contributed by atoms with E-state index in [1.807, 2.05) is 30.3 Å². The van der Waals surface area contributed by atoms with Crippen LogP contribution < -0.4 is 5.32 Å². The van der Waals surface area contributed by atoms with Crippen LogP contribution in [0.25, 0.3) is 0 Å². The molecular formula is C18H18ClF4N. The number of hydrogen-bond acceptors (Lipinski definition) is 1. The Labute approximate surface area is 144 Å². The van der Waals surface area contributed by atoms with Crippen LogP contribution in [0.4, 0.5) is 17.6 Å². The molecular weight excluding hydrogens is 342 g/mol. The van der Waals surface area contributed by atoms with Crippen LogP contribution in [0.5, 0.6) is 0 Å². The Bertz CT molecular complexity index is 672. The molecule has 1 heterocycles. The van der Waals surface area contributed by atoms with Crippen molar-refractivity contribution in [3.63, 3.8) is 0 Å². The third-order valence-electron chi connectivity index (χ3n) is 4.31. The zero-order valence-corrected chi connectivity index (χ0v) is 13.6. The summed E-state index contributed by atoms with van der Waals surface area (Å²) in [6.45, 7) is 0.612. The quantitative estimate of drug-likeness (QED) is 0.764. The summed E-state index contributed by atoms with van der Waals surface area (Å²) in [6.07, 6.45) is -3.07. The Balaban J connectivity index is 0.00000208. The first-order valence-corrected chi connectivity index (χ1v) is 7.57. The summed E-state index contributed by atoms with van der Waals surface area (Å²) < 4.78 is 51.9. The smallest absolute Gasteiger partial charge is 0.313 e. The highest BCUT2D eigenvalue weighted by Crippen LogP contribution is 2.35. The average molecular weight is 360 g/mol. The second-order valence-corrected chi connectivity index (χ2v) is 5.96. The zero-order valence-electron chi connectivity index (χ0n) is 12.8. The van der Waals surface area contributed by atoms with E-state index < -0.39 is 17.6 Å². The van der Waals surface area contributed by atoms with Crippen LogP contribution in [0.2, 0.25) is 0 Å². The van der Waals surface area contributed by atoms with Gasteiger partial charge in [-0.2, -0.15) is 13.2 Å². The molecule has 1 N–H and O–H groups in total. The van der Waals surface area contributed by atoms with Crippen molar-refractivity contribution in [2.24, 2.45) is 0 Å². The number of hydrogen-bond donors (Lipinski definition) is 1. The monoisotopic (exact) mass is 359 g/mol. The largest absolute Gasteiger partial charge is 0.419 e.